The van der Waals surface area contributed by atoms with Crippen LogP contribution in [-0.4, -0.2) is 0 Å². The zero-order valence-corrected chi connectivity index (χ0v) is 12.0. The smallest absolute Gasteiger partial charge is 0.0357 e. The molecule has 1 saturated carbocycles. The van der Waals surface area contributed by atoms with Crippen LogP contribution in [0.2, 0.25) is 0 Å². The summed E-state index contributed by atoms with van der Waals surface area (Å²) in [5.41, 5.74) is 0. The second kappa shape index (κ2) is 7.35. The zero-order valence-electron chi connectivity index (χ0n) is 12.0. The molecule has 0 radical (unpaired) electrons. The van der Waals surface area contributed by atoms with Crippen molar-refractivity contribution in [2.45, 2.75) is 79.1 Å². The van der Waals surface area contributed by atoms with E-state index in [1.54, 1.807) is 0 Å². The molecule has 0 aromatic carbocycles. The Balaban J connectivity index is 1.95. The first-order chi connectivity index (χ1) is 7.66. The minimum absolute atomic E-state index is 0.959. The molecule has 1 fully saturated rings. The van der Waals surface area contributed by atoms with Crippen molar-refractivity contribution in [3.63, 3.8) is 0 Å². The molecule has 0 aliphatic heterocycles. The normalized spacial score (nSPS) is 27.8. The second-order valence-corrected chi connectivity index (χ2v) is 6.27. The standard InChI is InChI=1S/C16H32/c1-5-6-7-8-9-10-11-13(2)15(4)16-12-14(16)3/h13-16H,5-12H2,1-4H3. The molecule has 0 aromatic rings. The van der Waals surface area contributed by atoms with E-state index in [9.17, 15) is 0 Å². The van der Waals surface area contributed by atoms with Gasteiger partial charge in [-0.2, -0.15) is 0 Å². The quantitative estimate of drug-likeness (QED) is 0.443. The van der Waals surface area contributed by atoms with Crippen LogP contribution in [0.5, 0.6) is 0 Å². The van der Waals surface area contributed by atoms with Gasteiger partial charge in [-0.15, -0.1) is 0 Å². The lowest BCUT2D eigenvalue weighted by Crippen LogP contribution is -2.10. The molecular formula is C16H32. The van der Waals surface area contributed by atoms with E-state index in [2.05, 4.69) is 27.7 Å². The van der Waals surface area contributed by atoms with Crippen LogP contribution in [0.1, 0.15) is 79.1 Å². The van der Waals surface area contributed by atoms with Gasteiger partial charge < -0.3 is 0 Å². The van der Waals surface area contributed by atoms with Gasteiger partial charge in [0.15, 0.2) is 0 Å². The Bertz CT molecular complexity index is 173. The predicted molar refractivity (Wildman–Crippen MR) is 73.6 cm³/mol. The third-order valence-electron chi connectivity index (χ3n) is 4.76. The predicted octanol–water partition coefficient (Wildman–Crippen LogP) is 5.67. The Labute approximate surface area is 103 Å². The average molecular weight is 224 g/mol. The van der Waals surface area contributed by atoms with Crippen LogP contribution in [0.3, 0.4) is 0 Å². The molecule has 0 heteroatoms. The Morgan fingerprint density at radius 1 is 1.00 bits per heavy atom. The maximum absolute atomic E-state index is 2.48. The minimum atomic E-state index is 0.959. The molecule has 0 heterocycles. The van der Waals surface area contributed by atoms with Crippen molar-refractivity contribution in [2.24, 2.45) is 23.7 Å². The van der Waals surface area contributed by atoms with E-state index in [4.69, 9.17) is 0 Å². The van der Waals surface area contributed by atoms with E-state index in [0.717, 1.165) is 23.7 Å². The van der Waals surface area contributed by atoms with Crippen LogP contribution in [0.4, 0.5) is 0 Å². The fraction of sp³-hybridized carbons (Fsp3) is 1.00. The van der Waals surface area contributed by atoms with Gasteiger partial charge in [0.25, 0.3) is 0 Å². The van der Waals surface area contributed by atoms with E-state index in [1.807, 2.05) is 0 Å². The largest absolute Gasteiger partial charge is 0.0654 e. The molecule has 1 rings (SSSR count). The van der Waals surface area contributed by atoms with Gasteiger partial charge in [-0.3, -0.25) is 0 Å². The van der Waals surface area contributed by atoms with Crippen LogP contribution < -0.4 is 0 Å². The van der Waals surface area contributed by atoms with Crippen molar-refractivity contribution in [3.05, 3.63) is 0 Å². The van der Waals surface area contributed by atoms with E-state index in [1.165, 1.54) is 51.4 Å². The van der Waals surface area contributed by atoms with Gasteiger partial charge in [-0.1, -0.05) is 72.6 Å². The summed E-state index contributed by atoms with van der Waals surface area (Å²) in [5, 5.41) is 0. The molecule has 0 amide bonds. The molecule has 4 unspecified atom stereocenters. The van der Waals surface area contributed by atoms with Crippen LogP contribution in [0, 0.1) is 23.7 Å². The van der Waals surface area contributed by atoms with Crippen molar-refractivity contribution in [3.8, 4) is 0 Å². The van der Waals surface area contributed by atoms with Crippen LogP contribution in [0.15, 0.2) is 0 Å². The Morgan fingerprint density at radius 2 is 1.56 bits per heavy atom. The molecule has 0 aromatic heterocycles. The maximum Gasteiger partial charge on any atom is -0.0357 e. The maximum atomic E-state index is 2.48. The van der Waals surface area contributed by atoms with E-state index in [-0.39, 0.29) is 0 Å². The molecule has 96 valence electrons. The highest BCUT2D eigenvalue weighted by atomic mass is 14.4. The van der Waals surface area contributed by atoms with Crippen LogP contribution >= 0.6 is 0 Å². The van der Waals surface area contributed by atoms with E-state index in [0.29, 0.717) is 0 Å². The Hall–Kier alpha value is 0. The average Bonchev–Trinajstić information content (AvgIpc) is 2.99. The third-order valence-corrected chi connectivity index (χ3v) is 4.76. The van der Waals surface area contributed by atoms with Crippen molar-refractivity contribution < 1.29 is 0 Å². The Kier molecular flexibility index (Phi) is 6.46. The summed E-state index contributed by atoms with van der Waals surface area (Å²) in [7, 11) is 0. The molecule has 1 aliphatic carbocycles. The van der Waals surface area contributed by atoms with Gasteiger partial charge >= 0.3 is 0 Å². The molecular weight excluding hydrogens is 192 g/mol. The van der Waals surface area contributed by atoms with Gasteiger partial charge in [0.2, 0.25) is 0 Å². The topological polar surface area (TPSA) is 0 Å². The first-order valence-corrected chi connectivity index (χ1v) is 7.66. The first-order valence-electron chi connectivity index (χ1n) is 7.66. The highest BCUT2D eigenvalue weighted by Gasteiger charge is 2.38. The summed E-state index contributed by atoms with van der Waals surface area (Å²) in [6.45, 7) is 9.66. The second-order valence-electron chi connectivity index (χ2n) is 6.27. The molecule has 16 heavy (non-hydrogen) atoms. The molecule has 0 bridgehead atoms. The number of hydrogen-bond acceptors (Lipinski definition) is 0. The molecule has 0 saturated heterocycles. The van der Waals surface area contributed by atoms with Crippen molar-refractivity contribution in [1.82, 2.24) is 0 Å². The van der Waals surface area contributed by atoms with Gasteiger partial charge in [-0.25, -0.2) is 0 Å². The zero-order chi connectivity index (χ0) is 12.0. The summed E-state index contributed by atoms with van der Waals surface area (Å²) in [4.78, 5) is 0. The van der Waals surface area contributed by atoms with Crippen molar-refractivity contribution in [1.29, 1.82) is 0 Å². The fourth-order valence-corrected chi connectivity index (χ4v) is 3.02. The minimum Gasteiger partial charge on any atom is -0.0654 e. The van der Waals surface area contributed by atoms with Gasteiger partial charge in [0.05, 0.1) is 0 Å². The third kappa shape index (κ3) is 4.89. The fourth-order valence-electron chi connectivity index (χ4n) is 3.02. The lowest BCUT2D eigenvalue weighted by Gasteiger charge is -2.19. The molecule has 0 nitrogen and oxygen atoms in total. The van der Waals surface area contributed by atoms with Crippen molar-refractivity contribution >= 4 is 0 Å². The molecule has 4 atom stereocenters. The lowest BCUT2D eigenvalue weighted by molar-refractivity contribution is 0.307. The molecule has 0 N–H and O–H groups in total. The van der Waals surface area contributed by atoms with Gasteiger partial charge in [0, 0.05) is 0 Å². The summed E-state index contributed by atoms with van der Waals surface area (Å²) in [6.07, 6.45) is 11.6. The van der Waals surface area contributed by atoms with E-state index >= 15 is 0 Å². The highest BCUT2D eigenvalue weighted by molar-refractivity contribution is 4.88. The Morgan fingerprint density at radius 3 is 2.12 bits per heavy atom. The number of unbranched alkanes of at least 4 members (excludes halogenated alkanes) is 5. The summed E-state index contributed by atoms with van der Waals surface area (Å²) in [6, 6.07) is 0. The molecule has 1 aliphatic rings. The van der Waals surface area contributed by atoms with Gasteiger partial charge in [0.1, 0.15) is 0 Å². The highest BCUT2D eigenvalue weighted by Crippen LogP contribution is 2.47. The monoisotopic (exact) mass is 224 g/mol. The number of rotatable bonds is 9. The van der Waals surface area contributed by atoms with Crippen LogP contribution in [-0.2, 0) is 0 Å². The SMILES string of the molecule is CCCCCCCCC(C)C(C)C1CC1C. The molecule has 0 spiro atoms. The van der Waals surface area contributed by atoms with Crippen LogP contribution in [0.25, 0.3) is 0 Å². The summed E-state index contributed by atoms with van der Waals surface area (Å²) >= 11 is 0. The van der Waals surface area contributed by atoms with Gasteiger partial charge in [-0.05, 0) is 30.1 Å². The lowest BCUT2D eigenvalue weighted by atomic mass is 9.86. The van der Waals surface area contributed by atoms with Crippen molar-refractivity contribution in [2.75, 3.05) is 0 Å². The van der Waals surface area contributed by atoms with E-state index < -0.39 is 0 Å². The number of hydrogen-bond donors (Lipinski definition) is 0. The first kappa shape index (κ1) is 14.1. The summed E-state index contributed by atoms with van der Waals surface area (Å²) < 4.78 is 0. The summed E-state index contributed by atoms with van der Waals surface area (Å²) in [5.74, 6) is 4.03.